The molecule has 0 spiro atoms. The molecule has 0 aromatic carbocycles. The van der Waals surface area contributed by atoms with Gasteiger partial charge in [-0.1, -0.05) is 0 Å². The Kier molecular flexibility index (Phi) is 5.69. The number of rotatable bonds is 6. The zero-order valence-electron chi connectivity index (χ0n) is 8.51. The minimum atomic E-state index is -0.544. The quantitative estimate of drug-likeness (QED) is 0.413. The fourth-order valence-corrected chi connectivity index (χ4v) is 1.45. The second-order valence-electron chi connectivity index (χ2n) is 2.71. The lowest BCUT2D eigenvalue weighted by Crippen LogP contribution is -2.51. The van der Waals surface area contributed by atoms with Gasteiger partial charge in [-0.3, -0.25) is 0 Å². The molecule has 1 N–H and O–H groups in total. The smallest absolute Gasteiger partial charge is 0.167 e. The highest BCUT2D eigenvalue weighted by molar-refractivity contribution is 6.13. The van der Waals surface area contributed by atoms with E-state index in [1.807, 2.05) is 7.05 Å². The molecule has 0 amide bonds. The van der Waals surface area contributed by atoms with E-state index >= 15 is 0 Å². The van der Waals surface area contributed by atoms with Crippen LogP contribution in [0.2, 0.25) is 0 Å². The summed E-state index contributed by atoms with van der Waals surface area (Å²) in [6, 6.07) is 0. The summed E-state index contributed by atoms with van der Waals surface area (Å²) >= 11 is 0. The van der Waals surface area contributed by atoms with Crippen molar-refractivity contribution in [1.29, 1.82) is 0 Å². The number of hydrogen-bond donors (Lipinski definition) is 1. The van der Waals surface area contributed by atoms with Crippen LogP contribution in [-0.2, 0) is 14.2 Å². The van der Waals surface area contributed by atoms with Crippen LogP contribution < -0.4 is 5.32 Å². The predicted molar refractivity (Wildman–Crippen MR) is 51.4 cm³/mol. The van der Waals surface area contributed by atoms with E-state index in [1.54, 1.807) is 21.3 Å². The summed E-state index contributed by atoms with van der Waals surface area (Å²) < 4.78 is 15.8. The van der Waals surface area contributed by atoms with Crippen molar-refractivity contribution in [2.45, 2.75) is 11.5 Å². The Bertz CT molecular complexity index is 119. The minimum absolute atomic E-state index is 0.0517. The van der Waals surface area contributed by atoms with Gasteiger partial charge in [-0.25, -0.2) is 0 Å². The molecule has 74 valence electrons. The van der Waals surface area contributed by atoms with E-state index in [0.29, 0.717) is 0 Å². The lowest BCUT2D eigenvalue weighted by Gasteiger charge is -2.34. The first-order valence-corrected chi connectivity index (χ1v) is 4.92. The van der Waals surface area contributed by atoms with Crippen LogP contribution in [0.1, 0.15) is 0 Å². The Morgan fingerprint density at radius 1 is 1.33 bits per heavy atom. The number of likely N-dealkylation sites (N-methyl/N-ethyl adjacent to an activating group) is 1. The topological polar surface area (TPSA) is 39.7 Å². The van der Waals surface area contributed by atoms with Gasteiger partial charge in [-0.05, 0) is 7.05 Å². The molecule has 0 aliphatic rings. The lowest BCUT2D eigenvalue weighted by atomic mass is 10.3. The molecule has 1 unspecified atom stereocenters. The number of nitrogens with one attached hydrogen (secondary N) is 1. The molecule has 0 saturated heterocycles. The Morgan fingerprint density at radius 3 is 2.08 bits per heavy atom. The van der Waals surface area contributed by atoms with Gasteiger partial charge in [0.2, 0.25) is 0 Å². The average molecular weight is 193 g/mol. The molecule has 0 aromatic heterocycles. The van der Waals surface area contributed by atoms with Gasteiger partial charge in [-0.2, -0.15) is 0 Å². The third-order valence-corrected chi connectivity index (χ3v) is 3.53. The summed E-state index contributed by atoms with van der Waals surface area (Å²) in [5.41, 5.74) is -0.544. The molecule has 0 fully saturated rings. The SMILES string of the molecule is CNCC(OC)C([SiH3])(OC)OC. The lowest BCUT2D eigenvalue weighted by molar-refractivity contribution is -0.206. The molecule has 0 heterocycles. The van der Waals surface area contributed by atoms with Crippen molar-refractivity contribution in [2.75, 3.05) is 34.9 Å². The van der Waals surface area contributed by atoms with Gasteiger partial charge in [0.15, 0.2) is 5.41 Å². The highest BCUT2D eigenvalue weighted by Crippen LogP contribution is 2.13. The molecule has 1 atom stereocenters. The fraction of sp³-hybridized carbons (Fsp3) is 1.00. The summed E-state index contributed by atoms with van der Waals surface area (Å²) in [5.74, 6) is 0. The van der Waals surface area contributed by atoms with Crippen molar-refractivity contribution >= 4 is 10.2 Å². The average Bonchev–Trinajstić information content (AvgIpc) is 2.13. The standard InChI is InChI=1S/C7H19NO3Si/c1-8-5-6(9-2)7(12,10-3)11-4/h6,8H,5H2,1-4,12H3. The number of methoxy groups -OCH3 is 3. The van der Waals surface area contributed by atoms with E-state index in [2.05, 4.69) is 5.32 Å². The first-order chi connectivity index (χ1) is 5.64. The number of ether oxygens (including phenoxy) is 3. The maximum absolute atomic E-state index is 5.27. The fourth-order valence-electron chi connectivity index (χ4n) is 1.01. The van der Waals surface area contributed by atoms with Gasteiger partial charge in [0, 0.05) is 27.9 Å². The van der Waals surface area contributed by atoms with E-state index in [1.165, 1.54) is 0 Å². The first-order valence-electron chi connectivity index (χ1n) is 3.92. The summed E-state index contributed by atoms with van der Waals surface area (Å²) in [7, 11) is 7.58. The first kappa shape index (κ1) is 12.1. The van der Waals surface area contributed by atoms with Gasteiger partial charge >= 0.3 is 0 Å². The summed E-state index contributed by atoms with van der Waals surface area (Å²) in [4.78, 5) is 0. The second-order valence-corrected chi connectivity index (χ2v) is 4.10. The Balaban J connectivity index is 4.21. The van der Waals surface area contributed by atoms with E-state index in [9.17, 15) is 0 Å². The van der Waals surface area contributed by atoms with Crippen molar-refractivity contribution in [1.82, 2.24) is 5.32 Å². The van der Waals surface area contributed by atoms with Crippen LogP contribution >= 0.6 is 0 Å². The molecule has 4 nitrogen and oxygen atoms in total. The van der Waals surface area contributed by atoms with Crippen molar-refractivity contribution in [3.8, 4) is 0 Å². The second kappa shape index (κ2) is 5.66. The summed E-state index contributed by atoms with van der Waals surface area (Å²) in [6.07, 6.45) is -0.0517. The van der Waals surface area contributed by atoms with Gasteiger partial charge in [0.25, 0.3) is 0 Å². The third-order valence-electron chi connectivity index (χ3n) is 2.07. The van der Waals surface area contributed by atoms with Crippen molar-refractivity contribution in [3.05, 3.63) is 0 Å². The minimum Gasteiger partial charge on any atom is -0.375 e. The van der Waals surface area contributed by atoms with Crippen LogP contribution in [0.25, 0.3) is 0 Å². The molecule has 0 bridgehead atoms. The van der Waals surface area contributed by atoms with Gasteiger partial charge in [0.05, 0.1) is 10.2 Å². The van der Waals surface area contributed by atoms with Gasteiger partial charge in [-0.15, -0.1) is 0 Å². The Hall–Kier alpha value is 0.0569. The Morgan fingerprint density at radius 2 is 1.83 bits per heavy atom. The molecule has 0 aromatic rings. The normalized spacial score (nSPS) is 15.0. The molecule has 0 rings (SSSR count). The molecule has 0 aliphatic heterocycles. The molecular weight excluding hydrogens is 174 g/mol. The molecular formula is C7H19NO3Si. The van der Waals surface area contributed by atoms with E-state index in [-0.39, 0.29) is 6.10 Å². The van der Waals surface area contributed by atoms with E-state index in [0.717, 1.165) is 16.8 Å². The summed E-state index contributed by atoms with van der Waals surface area (Å²) in [6.45, 7) is 0.724. The molecule has 12 heavy (non-hydrogen) atoms. The summed E-state index contributed by atoms with van der Waals surface area (Å²) in [5, 5.41) is 3.03. The zero-order valence-corrected chi connectivity index (χ0v) is 10.5. The molecule has 0 aliphatic carbocycles. The van der Waals surface area contributed by atoms with E-state index in [4.69, 9.17) is 14.2 Å². The molecule has 0 radical (unpaired) electrons. The van der Waals surface area contributed by atoms with E-state index < -0.39 is 5.41 Å². The predicted octanol–water partition coefficient (Wildman–Crippen LogP) is -1.47. The van der Waals surface area contributed by atoms with Crippen molar-refractivity contribution < 1.29 is 14.2 Å². The maximum Gasteiger partial charge on any atom is 0.167 e. The van der Waals surface area contributed by atoms with Gasteiger partial charge < -0.3 is 19.5 Å². The van der Waals surface area contributed by atoms with Crippen LogP contribution in [0.5, 0.6) is 0 Å². The van der Waals surface area contributed by atoms with Crippen LogP contribution in [0.15, 0.2) is 0 Å². The molecule has 5 heteroatoms. The van der Waals surface area contributed by atoms with Crippen molar-refractivity contribution in [2.24, 2.45) is 0 Å². The van der Waals surface area contributed by atoms with Crippen LogP contribution in [0.4, 0.5) is 0 Å². The largest absolute Gasteiger partial charge is 0.375 e. The van der Waals surface area contributed by atoms with Crippen LogP contribution in [0.3, 0.4) is 0 Å². The van der Waals surface area contributed by atoms with Gasteiger partial charge in [0.1, 0.15) is 6.10 Å². The number of hydrogen-bond acceptors (Lipinski definition) is 4. The zero-order chi connectivity index (χ0) is 9.61. The highest BCUT2D eigenvalue weighted by Gasteiger charge is 2.33. The van der Waals surface area contributed by atoms with Crippen LogP contribution in [0, 0.1) is 0 Å². The van der Waals surface area contributed by atoms with Crippen LogP contribution in [-0.4, -0.2) is 56.7 Å². The molecule has 0 saturated carbocycles. The monoisotopic (exact) mass is 193 g/mol. The Labute approximate surface area is 77.0 Å². The highest BCUT2D eigenvalue weighted by atomic mass is 28.1. The maximum atomic E-state index is 5.27. The van der Waals surface area contributed by atoms with Crippen molar-refractivity contribution in [3.63, 3.8) is 0 Å². The third kappa shape index (κ3) is 2.84.